The van der Waals surface area contributed by atoms with E-state index < -0.39 is 5.97 Å². The fraction of sp³-hybridized carbons (Fsp3) is 0.385. The molecule has 3 rings (SSSR count). The van der Waals surface area contributed by atoms with Crippen molar-refractivity contribution in [2.24, 2.45) is 13.0 Å². The SMILES string of the molecule is C[C@@H](CC(=O)O)CC(=O)c1c(CCCCOCc2ccccc2)n(C)c2ncc(C#N)cc12. The van der Waals surface area contributed by atoms with Gasteiger partial charge in [0, 0.05) is 49.3 Å². The monoisotopic (exact) mass is 447 g/mol. The first-order chi connectivity index (χ1) is 15.9. The Labute approximate surface area is 193 Å². The van der Waals surface area contributed by atoms with Crippen molar-refractivity contribution in [3.8, 4) is 6.07 Å². The van der Waals surface area contributed by atoms with Crippen LogP contribution in [0.4, 0.5) is 0 Å². The predicted octanol–water partition coefficient (Wildman–Crippen LogP) is 4.67. The van der Waals surface area contributed by atoms with E-state index in [2.05, 4.69) is 11.1 Å². The van der Waals surface area contributed by atoms with Gasteiger partial charge in [-0.15, -0.1) is 0 Å². The van der Waals surface area contributed by atoms with Crippen molar-refractivity contribution in [1.82, 2.24) is 9.55 Å². The first-order valence-corrected chi connectivity index (χ1v) is 11.1. The van der Waals surface area contributed by atoms with Gasteiger partial charge in [-0.25, -0.2) is 4.98 Å². The standard InChI is InChI=1S/C26H29N3O4/c1-18(13-24(31)32)12-23(30)25-21-14-20(15-27)16-28-26(21)29(2)22(25)10-6-7-11-33-17-19-8-4-3-5-9-19/h3-5,8-9,14,16,18H,6-7,10-13,17H2,1-2H3,(H,31,32)/t18-/m1/s1. The highest BCUT2D eigenvalue weighted by Gasteiger charge is 2.24. The molecule has 0 unspecified atom stereocenters. The zero-order valence-corrected chi connectivity index (χ0v) is 19.1. The molecule has 0 bridgehead atoms. The third-order valence-electron chi connectivity index (χ3n) is 5.68. The fourth-order valence-electron chi connectivity index (χ4n) is 4.07. The summed E-state index contributed by atoms with van der Waals surface area (Å²) in [5.74, 6) is -1.31. The zero-order valence-electron chi connectivity index (χ0n) is 19.1. The van der Waals surface area contributed by atoms with Gasteiger partial charge in [-0.2, -0.15) is 5.26 Å². The van der Waals surface area contributed by atoms with E-state index in [0.29, 0.717) is 41.8 Å². The van der Waals surface area contributed by atoms with Gasteiger partial charge in [0.05, 0.1) is 12.2 Å². The summed E-state index contributed by atoms with van der Waals surface area (Å²) in [6.07, 6.45) is 3.91. The summed E-state index contributed by atoms with van der Waals surface area (Å²) in [7, 11) is 1.88. The Morgan fingerprint density at radius 1 is 1.21 bits per heavy atom. The van der Waals surface area contributed by atoms with E-state index in [1.807, 2.05) is 41.9 Å². The van der Waals surface area contributed by atoms with Gasteiger partial charge in [0.2, 0.25) is 0 Å². The molecule has 0 aliphatic heterocycles. The van der Waals surface area contributed by atoms with Gasteiger partial charge in [-0.05, 0) is 36.8 Å². The van der Waals surface area contributed by atoms with E-state index >= 15 is 0 Å². The number of carbonyl (C=O) groups is 2. The second-order valence-electron chi connectivity index (χ2n) is 8.41. The first-order valence-electron chi connectivity index (χ1n) is 11.1. The lowest BCUT2D eigenvalue weighted by atomic mass is 9.94. The molecule has 0 aliphatic rings. The van der Waals surface area contributed by atoms with Crippen LogP contribution in [0.1, 0.15) is 59.8 Å². The molecule has 2 heterocycles. The topological polar surface area (TPSA) is 105 Å². The number of unbranched alkanes of at least 4 members (excludes halogenated alkanes) is 1. The Kier molecular flexibility index (Phi) is 8.34. The molecule has 1 atom stereocenters. The highest BCUT2D eigenvalue weighted by atomic mass is 16.5. The zero-order chi connectivity index (χ0) is 23.8. The third kappa shape index (κ3) is 6.27. The van der Waals surface area contributed by atoms with Gasteiger partial charge in [-0.3, -0.25) is 9.59 Å². The Morgan fingerprint density at radius 3 is 2.67 bits per heavy atom. The maximum absolute atomic E-state index is 13.2. The highest BCUT2D eigenvalue weighted by Crippen LogP contribution is 2.29. The fourth-order valence-corrected chi connectivity index (χ4v) is 4.07. The lowest BCUT2D eigenvalue weighted by Gasteiger charge is -2.11. The number of ketones is 1. The van der Waals surface area contributed by atoms with Crippen LogP contribution in [0.5, 0.6) is 0 Å². The van der Waals surface area contributed by atoms with Gasteiger partial charge in [-0.1, -0.05) is 37.3 Å². The molecule has 0 saturated carbocycles. The largest absolute Gasteiger partial charge is 0.481 e. The number of fused-ring (bicyclic) bond motifs is 1. The van der Waals surface area contributed by atoms with Crippen LogP contribution < -0.4 is 0 Å². The number of carbonyl (C=O) groups excluding carboxylic acids is 1. The second kappa shape index (κ2) is 11.4. The van der Waals surface area contributed by atoms with Gasteiger partial charge in [0.1, 0.15) is 11.7 Å². The number of aliphatic carboxylic acids is 1. The summed E-state index contributed by atoms with van der Waals surface area (Å²) in [5, 5.41) is 19.0. The minimum absolute atomic E-state index is 0.0632. The van der Waals surface area contributed by atoms with Crippen LogP contribution in [-0.2, 0) is 29.6 Å². The van der Waals surface area contributed by atoms with Crippen LogP contribution in [0.25, 0.3) is 11.0 Å². The molecule has 7 heteroatoms. The second-order valence-corrected chi connectivity index (χ2v) is 8.41. The molecule has 1 aromatic carbocycles. The van der Waals surface area contributed by atoms with E-state index in [-0.39, 0.29) is 24.5 Å². The summed E-state index contributed by atoms with van der Waals surface area (Å²) in [6, 6.07) is 13.8. The van der Waals surface area contributed by atoms with E-state index in [1.54, 1.807) is 13.0 Å². The molecule has 33 heavy (non-hydrogen) atoms. The molecule has 0 radical (unpaired) electrons. The Balaban J connectivity index is 1.73. The predicted molar refractivity (Wildman–Crippen MR) is 125 cm³/mol. The number of rotatable bonds is 12. The number of nitrogens with zero attached hydrogens (tertiary/aromatic N) is 3. The maximum Gasteiger partial charge on any atom is 0.303 e. The van der Waals surface area contributed by atoms with Crippen LogP contribution in [0.15, 0.2) is 42.6 Å². The number of hydrogen-bond donors (Lipinski definition) is 1. The Morgan fingerprint density at radius 2 is 1.97 bits per heavy atom. The summed E-state index contributed by atoms with van der Waals surface area (Å²) in [4.78, 5) is 28.7. The number of ether oxygens (including phenoxy) is 1. The number of aromatic nitrogens is 2. The van der Waals surface area contributed by atoms with Gasteiger partial charge < -0.3 is 14.4 Å². The summed E-state index contributed by atoms with van der Waals surface area (Å²) in [5.41, 5.74) is 3.59. The number of carboxylic acid groups (broad SMARTS) is 1. The van der Waals surface area contributed by atoms with Crippen molar-refractivity contribution >= 4 is 22.8 Å². The Hall–Kier alpha value is -3.50. The third-order valence-corrected chi connectivity index (χ3v) is 5.68. The van der Waals surface area contributed by atoms with Crippen LogP contribution in [0, 0.1) is 17.2 Å². The molecule has 0 fully saturated rings. The molecule has 172 valence electrons. The van der Waals surface area contributed by atoms with Crippen LogP contribution in [0.3, 0.4) is 0 Å². The molecule has 0 spiro atoms. The average Bonchev–Trinajstić information content (AvgIpc) is 3.07. The molecular formula is C26H29N3O4. The van der Waals surface area contributed by atoms with Crippen molar-refractivity contribution < 1.29 is 19.4 Å². The van der Waals surface area contributed by atoms with Gasteiger partial charge in [0.15, 0.2) is 5.78 Å². The van der Waals surface area contributed by atoms with Crippen molar-refractivity contribution in [1.29, 1.82) is 5.26 Å². The molecule has 3 aromatic rings. The normalized spacial score (nSPS) is 11.9. The van der Waals surface area contributed by atoms with Crippen molar-refractivity contribution in [2.75, 3.05) is 6.61 Å². The first kappa shape index (κ1) is 24.1. The van der Waals surface area contributed by atoms with E-state index in [0.717, 1.165) is 24.1 Å². The van der Waals surface area contributed by atoms with Crippen molar-refractivity contribution in [3.05, 3.63) is 65.0 Å². The minimum atomic E-state index is -0.919. The molecular weight excluding hydrogens is 418 g/mol. The van der Waals surface area contributed by atoms with Crippen LogP contribution >= 0.6 is 0 Å². The van der Waals surface area contributed by atoms with Crippen molar-refractivity contribution in [2.45, 2.75) is 45.6 Å². The number of Topliss-reactive ketones (excluding diaryl/α,β-unsaturated/α-hetero) is 1. The number of hydrogen-bond acceptors (Lipinski definition) is 5. The summed E-state index contributed by atoms with van der Waals surface area (Å²) >= 11 is 0. The summed E-state index contributed by atoms with van der Waals surface area (Å²) in [6.45, 7) is 2.95. The van der Waals surface area contributed by atoms with Crippen LogP contribution in [0.2, 0.25) is 0 Å². The van der Waals surface area contributed by atoms with E-state index in [4.69, 9.17) is 9.84 Å². The number of aryl methyl sites for hydroxylation is 1. The lowest BCUT2D eigenvalue weighted by Crippen LogP contribution is -2.12. The number of benzene rings is 1. The number of pyridine rings is 1. The smallest absolute Gasteiger partial charge is 0.303 e. The van der Waals surface area contributed by atoms with Crippen molar-refractivity contribution in [3.63, 3.8) is 0 Å². The van der Waals surface area contributed by atoms with Gasteiger partial charge >= 0.3 is 5.97 Å². The molecule has 0 saturated heterocycles. The number of nitriles is 1. The molecule has 7 nitrogen and oxygen atoms in total. The molecule has 2 aromatic heterocycles. The molecule has 0 amide bonds. The lowest BCUT2D eigenvalue weighted by molar-refractivity contribution is -0.137. The maximum atomic E-state index is 13.2. The summed E-state index contributed by atoms with van der Waals surface area (Å²) < 4.78 is 7.68. The van der Waals surface area contributed by atoms with Gasteiger partial charge in [0.25, 0.3) is 0 Å². The number of carboxylic acids is 1. The Bertz CT molecular complexity index is 1160. The van der Waals surface area contributed by atoms with E-state index in [1.165, 1.54) is 6.20 Å². The molecule has 0 aliphatic carbocycles. The quantitative estimate of drug-likeness (QED) is 0.320. The average molecular weight is 448 g/mol. The van der Waals surface area contributed by atoms with Crippen LogP contribution in [-0.4, -0.2) is 33.0 Å². The van der Waals surface area contributed by atoms with E-state index in [9.17, 15) is 14.9 Å². The minimum Gasteiger partial charge on any atom is -0.481 e. The highest BCUT2D eigenvalue weighted by molar-refractivity contribution is 6.09. The molecule has 1 N–H and O–H groups in total.